The van der Waals surface area contributed by atoms with E-state index in [-0.39, 0.29) is 12.1 Å². The van der Waals surface area contributed by atoms with Crippen molar-refractivity contribution >= 4 is 11.6 Å². The summed E-state index contributed by atoms with van der Waals surface area (Å²) in [5.41, 5.74) is 10.2. The highest BCUT2D eigenvalue weighted by molar-refractivity contribution is 5.99. The summed E-state index contributed by atoms with van der Waals surface area (Å²) in [5.74, 6) is -0.444. The van der Waals surface area contributed by atoms with Gasteiger partial charge in [0.15, 0.2) is 0 Å². The Balaban J connectivity index is 1.86. The topological polar surface area (TPSA) is 80.3 Å². The van der Waals surface area contributed by atoms with Crippen LogP contribution in [0.15, 0.2) is 73.0 Å². The number of nitrogens with one attached hydrogen (secondary N) is 1. The van der Waals surface area contributed by atoms with Gasteiger partial charge in [0.1, 0.15) is 0 Å². The molecular formula is C25H31N3O2. The second-order valence-electron chi connectivity index (χ2n) is 7.92. The fraction of sp³-hybridized carbons (Fsp3) is 0.320. The number of amides is 1. The molecule has 158 valence electrons. The fourth-order valence-electron chi connectivity index (χ4n) is 3.91. The van der Waals surface area contributed by atoms with Gasteiger partial charge in [0.25, 0.3) is 5.91 Å². The molecule has 0 aliphatic heterocycles. The fourth-order valence-corrected chi connectivity index (χ4v) is 3.91. The molecule has 0 unspecified atom stereocenters. The molecule has 30 heavy (non-hydrogen) atoms. The van der Waals surface area contributed by atoms with Crippen LogP contribution >= 0.6 is 0 Å². The van der Waals surface area contributed by atoms with E-state index in [1.54, 1.807) is 12.1 Å². The van der Waals surface area contributed by atoms with Gasteiger partial charge in [0, 0.05) is 35.7 Å². The Kier molecular flexibility index (Phi) is 7.31. The van der Waals surface area contributed by atoms with E-state index in [4.69, 9.17) is 5.73 Å². The van der Waals surface area contributed by atoms with Gasteiger partial charge in [0.2, 0.25) is 0 Å². The SMILES string of the molecule is C=C/C=C\C=C(/C)Cc1cccn1-c1ccc(C(N)=O)c(NC2CCC(O)CC2)c1. The first-order valence-electron chi connectivity index (χ1n) is 10.5. The van der Waals surface area contributed by atoms with Crippen LogP contribution in [0.1, 0.15) is 48.7 Å². The van der Waals surface area contributed by atoms with Crippen LogP contribution < -0.4 is 11.1 Å². The van der Waals surface area contributed by atoms with Gasteiger partial charge in [-0.15, -0.1) is 0 Å². The third kappa shape index (κ3) is 5.51. The van der Waals surface area contributed by atoms with Gasteiger partial charge in [-0.05, 0) is 62.9 Å². The molecule has 3 rings (SSSR count). The van der Waals surface area contributed by atoms with E-state index < -0.39 is 5.91 Å². The van der Waals surface area contributed by atoms with Crippen molar-refractivity contribution in [2.75, 3.05) is 5.32 Å². The molecule has 0 atom stereocenters. The van der Waals surface area contributed by atoms with Gasteiger partial charge in [0.05, 0.1) is 11.7 Å². The molecule has 1 aromatic carbocycles. The van der Waals surface area contributed by atoms with Crippen LogP contribution in [0.4, 0.5) is 5.69 Å². The standard InChI is InChI=1S/C25H31N3O2/c1-3-4-5-7-18(2)16-20-8-6-15-28(20)21-11-14-23(25(26)30)24(17-21)27-19-9-12-22(29)13-10-19/h3-8,11,14-15,17,19,22,27,29H,1,9-10,12-13,16H2,2H3,(H2,26,30)/b5-4-,18-7+. The lowest BCUT2D eigenvalue weighted by Gasteiger charge is -2.28. The van der Waals surface area contributed by atoms with Crippen LogP contribution in [0.5, 0.6) is 0 Å². The lowest BCUT2D eigenvalue weighted by molar-refractivity contribution is 0.100. The molecule has 5 heteroatoms. The van der Waals surface area contributed by atoms with Crippen LogP contribution in [-0.2, 0) is 6.42 Å². The van der Waals surface area contributed by atoms with Gasteiger partial charge in [-0.25, -0.2) is 0 Å². The number of hydrogen-bond donors (Lipinski definition) is 3. The van der Waals surface area contributed by atoms with Crippen molar-refractivity contribution < 1.29 is 9.90 Å². The Morgan fingerprint density at radius 1 is 1.27 bits per heavy atom. The number of hydrogen-bond acceptors (Lipinski definition) is 3. The minimum atomic E-state index is -0.444. The van der Waals surface area contributed by atoms with Gasteiger partial charge >= 0.3 is 0 Å². The normalized spacial score (nSPS) is 19.7. The van der Waals surface area contributed by atoms with Crippen molar-refractivity contribution in [1.82, 2.24) is 4.57 Å². The van der Waals surface area contributed by atoms with Crippen molar-refractivity contribution in [3.05, 3.63) is 84.2 Å². The number of nitrogens with zero attached hydrogens (tertiary/aromatic N) is 1. The molecule has 1 aliphatic rings. The van der Waals surface area contributed by atoms with E-state index in [9.17, 15) is 9.90 Å². The summed E-state index contributed by atoms with van der Waals surface area (Å²) in [6.45, 7) is 5.79. The molecule has 5 nitrogen and oxygen atoms in total. The summed E-state index contributed by atoms with van der Waals surface area (Å²) in [5, 5.41) is 13.2. The molecule has 1 fully saturated rings. The van der Waals surface area contributed by atoms with Crippen LogP contribution in [0.25, 0.3) is 5.69 Å². The first-order valence-corrected chi connectivity index (χ1v) is 10.5. The van der Waals surface area contributed by atoms with E-state index in [1.165, 1.54) is 5.57 Å². The number of benzene rings is 1. The highest BCUT2D eigenvalue weighted by atomic mass is 16.3. The molecule has 1 aromatic heterocycles. The molecule has 1 aliphatic carbocycles. The number of aliphatic hydroxyl groups is 1. The molecule has 1 amide bonds. The Bertz CT molecular complexity index is 947. The number of aliphatic hydroxyl groups excluding tert-OH is 1. The Morgan fingerprint density at radius 3 is 2.73 bits per heavy atom. The Labute approximate surface area is 178 Å². The van der Waals surface area contributed by atoms with Gasteiger partial charge in [-0.1, -0.05) is 36.5 Å². The number of primary amides is 1. The van der Waals surface area contributed by atoms with E-state index in [2.05, 4.69) is 35.5 Å². The van der Waals surface area contributed by atoms with E-state index >= 15 is 0 Å². The number of aromatic nitrogens is 1. The lowest BCUT2D eigenvalue weighted by Crippen LogP contribution is -2.29. The highest BCUT2D eigenvalue weighted by Crippen LogP contribution is 2.27. The van der Waals surface area contributed by atoms with E-state index in [0.29, 0.717) is 5.56 Å². The minimum absolute atomic E-state index is 0.218. The smallest absolute Gasteiger partial charge is 0.250 e. The van der Waals surface area contributed by atoms with Crippen molar-refractivity contribution in [1.29, 1.82) is 0 Å². The van der Waals surface area contributed by atoms with Crippen LogP contribution in [0.2, 0.25) is 0 Å². The molecule has 0 bridgehead atoms. The maximum Gasteiger partial charge on any atom is 0.250 e. The maximum atomic E-state index is 12.0. The van der Waals surface area contributed by atoms with Crippen molar-refractivity contribution in [3.8, 4) is 5.69 Å². The number of nitrogens with two attached hydrogens (primary N) is 1. The third-order valence-electron chi connectivity index (χ3n) is 5.52. The molecule has 4 N–H and O–H groups in total. The first-order chi connectivity index (χ1) is 14.5. The predicted octanol–water partition coefficient (Wildman–Crippen LogP) is 4.52. The lowest BCUT2D eigenvalue weighted by atomic mass is 9.92. The maximum absolute atomic E-state index is 12.0. The summed E-state index contributed by atoms with van der Waals surface area (Å²) in [7, 11) is 0. The second kappa shape index (κ2) is 10.1. The van der Waals surface area contributed by atoms with Crippen molar-refractivity contribution in [2.24, 2.45) is 5.73 Å². The summed E-state index contributed by atoms with van der Waals surface area (Å²) in [6.07, 6.45) is 13.7. The second-order valence-corrected chi connectivity index (χ2v) is 7.92. The van der Waals surface area contributed by atoms with Crippen LogP contribution in [0.3, 0.4) is 0 Å². The number of allylic oxidation sites excluding steroid dienone is 5. The van der Waals surface area contributed by atoms with Crippen molar-refractivity contribution in [2.45, 2.75) is 51.2 Å². The number of carbonyl (C=O) groups excluding carboxylic acids is 1. The third-order valence-corrected chi connectivity index (χ3v) is 5.52. The van der Waals surface area contributed by atoms with Gasteiger partial charge < -0.3 is 20.7 Å². The molecular weight excluding hydrogens is 374 g/mol. The largest absolute Gasteiger partial charge is 0.393 e. The molecule has 2 aromatic rings. The number of anilines is 1. The predicted molar refractivity (Wildman–Crippen MR) is 123 cm³/mol. The zero-order valence-corrected chi connectivity index (χ0v) is 17.6. The average molecular weight is 406 g/mol. The molecule has 1 saturated carbocycles. The minimum Gasteiger partial charge on any atom is -0.393 e. The summed E-state index contributed by atoms with van der Waals surface area (Å²) < 4.78 is 2.13. The summed E-state index contributed by atoms with van der Waals surface area (Å²) in [4.78, 5) is 12.0. The Hall–Kier alpha value is -3.05. The number of carbonyl (C=O) groups is 1. The van der Waals surface area contributed by atoms with E-state index in [0.717, 1.165) is 49.2 Å². The molecule has 0 saturated heterocycles. The van der Waals surface area contributed by atoms with Crippen LogP contribution in [-0.4, -0.2) is 27.7 Å². The molecule has 0 spiro atoms. The monoisotopic (exact) mass is 405 g/mol. The average Bonchev–Trinajstić information content (AvgIpc) is 3.17. The first kappa shape index (κ1) is 21.7. The van der Waals surface area contributed by atoms with Gasteiger partial charge in [-0.2, -0.15) is 0 Å². The highest BCUT2D eigenvalue weighted by Gasteiger charge is 2.21. The van der Waals surface area contributed by atoms with E-state index in [1.807, 2.05) is 36.5 Å². The van der Waals surface area contributed by atoms with Crippen molar-refractivity contribution in [3.63, 3.8) is 0 Å². The van der Waals surface area contributed by atoms with Gasteiger partial charge in [-0.3, -0.25) is 4.79 Å². The molecule has 1 heterocycles. The Morgan fingerprint density at radius 2 is 2.03 bits per heavy atom. The number of rotatable bonds is 8. The molecule has 0 radical (unpaired) electrons. The zero-order chi connectivity index (χ0) is 21.5. The quantitative estimate of drug-likeness (QED) is 0.565. The zero-order valence-electron chi connectivity index (χ0n) is 17.6. The summed E-state index contributed by atoms with van der Waals surface area (Å²) >= 11 is 0. The van der Waals surface area contributed by atoms with Crippen LogP contribution in [0, 0.1) is 0 Å². The summed E-state index contributed by atoms with van der Waals surface area (Å²) in [6, 6.07) is 10.1.